The number of fused-ring (bicyclic) bond motifs is 3. The number of aromatic amines is 1. The average molecular weight is 287 g/mol. The van der Waals surface area contributed by atoms with Crippen molar-refractivity contribution < 1.29 is 13.6 Å². The molecule has 2 bridgehead atoms. The molecule has 2 aliphatic rings. The number of benzene rings is 1. The molecule has 2 fully saturated rings. The van der Waals surface area contributed by atoms with Crippen molar-refractivity contribution in [2.75, 3.05) is 6.98 Å². The normalized spacial score (nSPS) is 31.6. The molecule has 1 unspecified atom stereocenters. The molecule has 1 aromatic heterocycles. The number of hydrogen-bond donors (Lipinski definition) is 1. The van der Waals surface area contributed by atoms with E-state index in [1.54, 1.807) is 11.1 Å². The van der Waals surface area contributed by atoms with Crippen molar-refractivity contribution in [1.82, 2.24) is 9.88 Å². The Morgan fingerprint density at radius 2 is 2.10 bits per heavy atom. The van der Waals surface area contributed by atoms with Gasteiger partial charge in [0.25, 0.3) is 0 Å². The fourth-order valence-electron chi connectivity index (χ4n) is 3.68. The molecular weight excluding hydrogens is 264 g/mol. The summed E-state index contributed by atoms with van der Waals surface area (Å²) in [4.78, 5) is 17.3. The summed E-state index contributed by atoms with van der Waals surface area (Å²) in [5, 5.41) is 0.852. The third-order valence-corrected chi connectivity index (χ3v) is 4.77. The van der Waals surface area contributed by atoms with Crippen molar-refractivity contribution in [2.24, 2.45) is 0 Å². The van der Waals surface area contributed by atoms with Gasteiger partial charge in [-0.15, -0.1) is 0 Å². The van der Waals surface area contributed by atoms with Gasteiger partial charge >= 0.3 is 5.97 Å². The standard InChI is InChI=1S/C17H20N2O2/c1-19-11-6-7-12(19)9-13(8-11)21-17(20)15-10-18-16-5-3-2-4-14(15)16/h2-5,10-13,18H,6-9H2,1H3/t11-,12+,13?/i1D3. The van der Waals surface area contributed by atoms with Gasteiger partial charge in [-0.25, -0.2) is 4.79 Å². The molecule has 1 N–H and O–H groups in total. The Balaban J connectivity index is 1.48. The van der Waals surface area contributed by atoms with Crippen LogP contribution in [0.4, 0.5) is 0 Å². The average Bonchev–Trinajstić information content (AvgIpc) is 3.07. The molecule has 2 aromatic rings. The summed E-state index contributed by atoms with van der Waals surface area (Å²) in [5.41, 5.74) is 1.44. The Labute approximate surface area is 128 Å². The SMILES string of the molecule is [2H]C([2H])([2H])N1[C@@H]2CC[C@H]1CC(OC(=O)c1c[nH]c3ccccc13)C2. The number of carbonyl (C=O) groups is 1. The minimum Gasteiger partial charge on any atom is -0.459 e. The summed E-state index contributed by atoms with van der Waals surface area (Å²) in [6, 6.07) is 7.58. The quantitative estimate of drug-likeness (QED) is 0.864. The van der Waals surface area contributed by atoms with Gasteiger partial charge in [-0.1, -0.05) is 18.2 Å². The molecule has 21 heavy (non-hydrogen) atoms. The Morgan fingerprint density at radius 3 is 2.86 bits per heavy atom. The second-order valence-corrected chi connectivity index (χ2v) is 6.04. The van der Waals surface area contributed by atoms with Crippen molar-refractivity contribution in [3.8, 4) is 0 Å². The lowest BCUT2D eigenvalue weighted by Gasteiger charge is -2.35. The maximum absolute atomic E-state index is 12.5. The van der Waals surface area contributed by atoms with Crippen LogP contribution in [0.5, 0.6) is 0 Å². The minimum absolute atomic E-state index is 0.0166. The van der Waals surface area contributed by atoms with Crippen LogP contribution in [-0.4, -0.2) is 41.0 Å². The van der Waals surface area contributed by atoms with Gasteiger partial charge < -0.3 is 14.6 Å². The van der Waals surface area contributed by atoms with Gasteiger partial charge in [0.05, 0.1) is 5.56 Å². The third kappa shape index (κ3) is 2.14. The molecule has 4 heteroatoms. The van der Waals surface area contributed by atoms with E-state index in [1.165, 1.54) is 0 Å². The fourth-order valence-corrected chi connectivity index (χ4v) is 3.68. The van der Waals surface area contributed by atoms with Crippen molar-refractivity contribution in [3.63, 3.8) is 0 Å². The van der Waals surface area contributed by atoms with Gasteiger partial charge in [0, 0.05) is 46.1 Å². The maximum Gasteiger partial charge on any atom is 0.340 e. The Hall–Kier alpha value is -1.81. The monoisotopic (exact) mass is 287 g/mol. The van der Waals surface area contributed by atoms with Gasteiger partial charge in [0.15, 0.2) is 0 Å². The van der Waals surface area contributed by atoms with Gasteiger partial charge in [-0.2, -0.15) is 0 Å². The van der Waals surface area contributed by atoms with Crippen LogP contribution in [0.1, 0.15) is 40.2 Å². The highest BCUT2D eigenvalue weighted by Crippen LogP contribution is 2.35. The molecule has 0 aliphatic carbocycles. The zero-order valence-electron chi connectivity index (χ0n) is 14.7. The molecule has 4 nitrogen and oxygen atoms in total. The van der Waals surface area contributed by atoms with Crippen LogP contribution < -0.4 is 0 Å². The molecule has 1 aromatic carbocycles. The van der Waals surface area contributed by atoms with E-state index in [2.05, 4.69) is 4.98 Å². The highest BCUT2D eigenvalue weighted by atomic mass is 16.5. The summed E-state index contributed by atoms with van der Waals surface area (Å²) in [7, 11) is 0. The van der Waals surface area contributed by atoms with Crippen LogP contribution in [0.25, 0.3) is 10.9 Å². The van der Waals surface area contributed by atoms with Crippen LogP contribution in [0.15, 0.2) is 30.5 Å². The van der Waals surface area contributed by atoms with Crippen molar-refractivity contribution in [2.45, 2.75) is 43.9 Å². The first kappa shape index (κ1) is 10.0. The number of aromatic nitrogens is 1. The third-order valence-electron chi connectivity index (χ3n) is 4.77. The van der Waals surface area contributed by atoms with E-state index in [-0.39, 0.29) is 24.2 Å². The molecule has 4 rings (SSSR count). The number of H-pyrrole nitrogens is 1. The molecule has 0 radical (unpaired) electrons. The van der Waals surface area contributed by atoms with Crippen molar-refractivity contribution in [3.05, 3.63) is 36.0 Å². The Morgan fingerprint density at radius 1 is 1.33 bits per heavy atom. The van der Waals surface area contributed by atoms with Crippen LogP contribution in [0.3, 0.4) is 0 Å². The second-order valence-electron chi connectivity index (χ2n) is 6.04. The zero-order chi connectivity index (χ0) is 16.9. The molecule has 3 heterocycles. The lowest BCUT2D eigenvalue weighted by atomic mass is 10.0. The van der Waals surface area contributed by atoms with Crippen LogP contribution in [0.2, 0.25) is 0 Å². The highest BCUT2D eigenvalue weighted by molar-refractivity contribution is 6.04. The van der Waals surface area contributed by atoms with Crippen LogP contribution >= 0.6 is 0 Å². The van der Waals surface area contributed by atoms with Crippen molar-refractivity contribution >= 4 is 16.9 Å². The maximum atomic E-state index is 12.5. The smallest absolute Gasteiger partial charge is 0.340 e. The molecular formula is C17H20N2O2. The summed E-state index contributed by atoms with van der Waals surface area (Å²) < 4.78 is 28.8. The van der Waals surface area contributed by atoms with Crippen LogP contribution in [-0.2, 0) is 4.74 Å². The Bertz CT molecular complexity index is 757. The topological polar surface area (TPSA) is 45.3 Å². The molecule has 0 saturated carbocycles. The summed E-state index contributed by atoms with van der Waals surface area (Å²) in [6.07, 6.45) is 4.40. The van der Waals surface area contributed by atoms with Gasteiger partial charge in [-0.3, -0.25) is 0 Å². The Kier molecular flexibility index (Phi) is 2.33. The number of rotatable bonds is 2. The first-order valence-corrected chi connectivity index (χ1v) is 7.49. The van der Waals surface area contributed by atoms with E-state index in [0.29, 0.717) is 18.4 Å². The summed E-state index contributed by atoms with van der Waals surface area (Å²) in [6.45, 7) is -2.06. The van der Waals surface area contributed by atoms with Crippen LogP contribution in [0, 0.1) is 0 Å². The van der Waals surface area contributed by atoms with Gasteiger partial charge in [0.1, 0.15) is 6.10 Å². The zero-order valence-corrected chi connectivity index (χ0v) is 11.7. The molecule has 0 amide bonds. The number of ether oxygens (including phenoxy) is 1. The molecule has 2 aliphatic heterocycles. The highest BCUT2D eigenvalue weighted by Gasteiger charge is 2.40. The molecule has 110 valence electrons. The molecule has 3 atom stereocenters. The first-order chi connectivity index (χ1) is 11.4. The van der Waals surface area contributed by atoms with E-state index in [4.69, 9.17) is 8.85 Å². The fraction of sp³-hybridized carbons (Fsp3) is 0.471. The summed E-state index contributed by atoms with van der Waals surface area (Å²) >= 11 is 0. The number of nitrogens with zero attached hydrogens (tertiary/aromatic N) is 1. The largest absolute Gasteiger partial charge is 0.459 e. The molecule has 2 saturated heterocycles. The number of nitrogens with one attached hydrogen (secondary N) is 1. The van der Waals surface area contributed by atoms with E-state index < -0.39 is 6.98 Å². The van der Waals surface area contributed by atoms with E-state index >= 15 is 0 Å². The number of para-hydroxylation sites is 1. The molecule has 0 spiro atoms. The van der Waals surface area contributed by atoms with E-state index in [0.717, 1.165) is 23.7 Å². The lowest BCUT2D eigenvalue weighted by Crippen LogP contribution is -2.43. The van der Waals surface area contributed by atoms with Gasteiger partial charge in [-0.05, 0) is 25.9 Å². The number of esters is 1. The van der Waals surface area contributed by atoms with Gasteiger partial charge in [0.2, 0.25) is 0 Å². The first-order valence-electron chi connectivity index (χ1n) is 8.99. The van der Waals surface area contributed by atoms with Crippen molar-refractivity contribution in [1.29, 1.82) is 0 Å². The number of carbonyl (C=O) groups excluding carboxylic acids is 1. The lowest BCUT2D eigenvalue weighted by molar-refractivity contribution is -0.000258. The van der Waals surface area contributed by atoms with E-state index in [1.807, 2.05) is 24.3 Å². The number of piperidine rings is 1. The predicted molar refractivity (Wildman–Crippen MR) is 81.3 cm³/mol. The summed E-state index contributed by atoms with van der Waals surface area (Å²) in [5.74, 6) is -0.334. The number of hydrogen-bond acceptors (Lipinski definition) is 3. The second kappa shape index (κ2) is 4.88. The predicted octanol–water partition coefficient (Wildman–Crippen LogP) is 2.95. The minimum atomic E-state index is -2.06. The van der Waals surface area contributed by atoms with E-state index in [9.17, 15) is 4.79 Å².